The van der Waals surface area contributed by atoms with Crippen molar-refractivity contribution in [3.63, 3.8) is 0 Å². The van der Waals surface area contributed by atoms with Gasteiger partial charge in [-0.2, -0.15) is 0 Å². The Bertz CT molecular complexity index is 1120. The van der Waals surface area contributed by atoms with Gasteiger partial charge >= 0.3 is 0 Å². The zero-order valence-corrected chi connectivity index (χ0v) is 19.1. The standard InChI is InChI=1S/C26H29N3O4/c1-16-8-9-18(14-17(16)2)23(30)27-12-13-28-24(31)19-10-11-21-22(15-19)26(33)29(25(21)32)20-6-4-3-5-7-20/h8-11,14-15,20H,3-7,12-13H2,1-2H3,(H,27,30)(H,28,31). The van der Waals surface area contributed by atoms with Gasteiger partial charge in [-0.1, -0.05) is 25.3 Å². The van der Waals surface area contributed by atoms with E-state index >= 15 is 0 Å². The fourth-order valence-electron chi connectivity index (χ4n) is 4.51. The lowest BCUT2D eigenvalue weighted by Crippen LogP contribution is -2.40. The lowest BCUT2D eigenvalue weighted by molar-refractivity contribution is 0.0548. The molecule has 4 rings (SSSR count). The highest BCUT2D eigenvalue weighted by atomic mass is 16.2. The molecule has 1 heterocycles. The van der Waals surface area contributed by atoms with Gasteiger partial charge in [0.25, 0.3) is 23.6 Å². The van der Waals surface area contributed by atoms with Crippen molar-refractivity contribution in [3.8, 4) is 0 Å². The summed E-state index contributed by atoms with van der Waals surface area (Å²) < 4.78 is 0. The lowest BCUT2D eigenvalue weighted by Gasteiger charge is -2.29. The van der Waals surface area contributed by atoms with E-state index in [2.05, 4.69) is 10.6 Å². The number of nitrogens with one attached hydrogen (secondary N) is 2. The van der Waals surface area contributed by atoms with Crippen LogP contribution in [0.15, 0.2) is 36.4 Å². The molecule has 0 bridgehead atoms. The van der Waals surface area contributed by atoms with E-state index in [0.717, 1.165) is 43.2 Å². The van der Waals surface area contributed by atoms with E-state index in [1.54, 1.807) is 18.2 Å². The maximum absolute atomic E-state index is 12.9. The second-order valence-electron chi connectivity index (χ2n) is 8.84. The van der Waals surface area contributed by atoms with Crippen molar-refractivity contribution >= 4 is 23.6 Å². The highest BCUT2D eigenvalue weighted by Gasteiger charge is 2.40. The summed E-state index contributed by atoms with van der Waals surface area (Å²) in [7, 11) is 0. The van der Waals surface area contributed by atoms with Gasteiger partial charge in [-0.25, -0.2) is 0 Å². The third-order valence-corrected chi connectivity index (χ3v) is 6.59. The van der Waals surface area contributed by atoms with Crippen LogP contribution >= 0.6 is 0 Å². The fraction of sp³-hybridized carbons (Fsp3) is 0.385. The van der Waals surface area contributed by atoms with E-state index in [1.165, 1.54) is 11.0 Å². The minimum Gasteiger partial charge on any atom is -0.350 e. The van der Waals surface area contributed by atoms with Crippen molar-refractivity contribution in [2.24, 2.45) is 0 Å². The Balaban J connectivity index is 1.33. The lowest BCUT2D eigenvalue weighted by atomic mass is 9.94. The molecule has 172 valence electrons. The molecule has 7 heteroatoms. The first-order chi connectivity index (χ1) is 15.9. The van der Waals surface area contributed by atoms with Gasteiger partial charge < -0.3 is 10.6 Å². The molecule has 0 aromatic heterocycles. The molecular formula is C26H29N3O4. The number of carbonyl (C=O) groups excluding carboxylic acids is 4. The topological polar surface area (TPSA) is 95.6 Å². The van der Waals surface area contributed by atoms with Gasteiger partial charge in [-0.15, -0.1) is 0 Å². The van der Waals surface area contributed by atoms with Crippen LogP contribution < -0.4 is 10.6 Å². The fourth-order valence-corrected chi connectivity index (χ4v) is 4.51. The second-order valence-corrected chi connectivity index (χ2v) is 8.84. The molecule has 33 heavy (non-hydrogen) atoms. The third kappa shape index (κ3) is 4.67. The van der Waals surface area contributed by atoms with E-state index in [1.807, 2.05) is 26.0 Å². The minimum absolute atomic E-state index is 0.0515. The van der Waals surface area contributed by atoms with Gasteiger partial charge in [0.15, 0.2) is 0 Å². The van der Waals surface area contributed by atoms with E-state index in [-0.39, 0.29) is 42.8 Å². The minimum atomic E-state index is -0.352. The number of hydrogen-bond acceptors (Lipinski definition) is 4. The summed E-state index contributed by atoms with van der Waals surface area (Å²) in [5, 5.41) is 5.54. The molecule has 1 saturated carbocycles. The van der Waals surface area contributed by atoms with Crippen LogP contribution in [0.5, 0.6) is 0 Å². The number of fused-ring (bicyclic) bond motifs is 1. The normalized spacial score (nSPS) is 16.0. The molecule has 1 aliphatic carbocycles. The van der Waals surface area contributed by atoms with Gasteiger partial charge in [0, 0.05) is 30.3 Å². The van der Waals surface area contributed by atoms with Crippen molar-refractivity contribution in [1.29, 1.82) is 0 Å². The van der Waals surface area contributed by atoms with Crippen LogP contribution in [-0.4, -0.2) is 47.7 Å². The largest absolute Gasteiger partial charge is 0.350 e. The smallest absolute Gasteiger partial charge is 0.261 e. The number of aryl methyl sites for hydroxylation is 2. The summed E-state index contributed by atoms with van der Waals surface area (Å²) in [6, 6.07) is 10.1. The van der Waals surface area contributed by atoms with Crippen LogP contribution in [0.3, 0.4) is 0 Å². The molecule has 1 aliphatic heterocycles. The molecular weight excluding hydrogens is 418 g/mol. The van der Waals surface area contributed by atoms with Crippen molar-refractivity contribution < 1.29 is 19.2 Å². The molecule has 4 amide bonds. The zero-order valence-electron chi connectivity index (χ0n) is 19.1. The molecule has 0 spiro atoms. The average molecular weight is 448 g/mol. The van der Waals surface area contributed by atoms with E-state index < -0.39 is 0 Å². The third-order valence-electron chi connectivity index (χ3n) is 6.59. The molecule has 2 N–H and O–H groups in total. The Labute approximate surface area is 193 Å². The number of amides is 4. The van der Waals surface area contributed by atoms with Crippen molar-refractivity contribution in [2.75, 3.05) is 13.1 Å². The summed E-state index contributed by atoms with van der Waals surface area (Å²) in [5.74, 6) is -1.12. The van der Waals surface area contributed by atoms with Crippen LogP contribution in [-0.2, 0) is 0 Å². The van der Waals surface area contributed by atoms with Crippen LogP contribution in [0.4, 0.5) is 0 Å². The van der Waals surface area contributed by atoms with Gasteiger partial charge in [0.1, 0.15) is 0 Å². The van der Waals surface area contributed by atoms with Crippen molar-refractivity contribution in [2.45, 2.75) is 52.0 Å². The van der Waals surface area contributed by atoms with E-state index in [0.29, 0.717) is 22.3 Å². The van der Waals surface area contributed by atoms with Gasteiger partial charge in [0.2, 0.25) is 0 Å². The quantitative estimate of drug-likeness (QED) is 0.524. The van der Waals surface area contributed by atoms with Gasteiger partial charge in [0.05, 0.1) is 11.1 Å². The first-order valence-corrected chi connectivity index (χ1v) is 11.5. The summed E-state index contributed by atoms with van der Waals surface area (Å²) in [6.45, 7) is 4.46. The first kappa shape index (κ1) is 22.7. The Morgan fingerprint density at radius 1 is 0.788 bits per heavy atom. The molecule has 7 nitrogen and oxygen atoms in total. The predicted octanol–water partition coefficient (Wildman–Crippen LogP) is 3.39. The number of rotatable bonds is 6. The summed E-state index contributed by atoms with van der Waals surface area (Å²) in [5.41, 5.74) is 3.72. The maximum Gasteiger partial charge on any atom is 0.261 e. The molecule has 2 aromatic carbocycles. The number of nitrogens with zero attached hydrogens (tertiary/aromatic N) is 1. The Morgan fingerprint density at radius 2 is 1.36 bits per heavy atom. The van der Waals surface area contributed by atoms with Crippen LogP contribution in [0.1, 0.15) is 84.7 Å². The highest BCUT2D eigenvalue weighted by Crippen LogP contribution is 2.31. The Hall–Kier alpha value is -3.48. The van der Waals surface area contributed by atoms with E-state index in [9.17, 15) is 19.2 Å². The van der Waals surface area contributed by atoms with Crippen LogP contribution in [0.2, 0.25) is 0 Å². The zero-order chi connectivity index (χ0) is 23.5. The second kappa shape index (κ2) is 9.57. The SMILES string of the molecule is Cc1ccc(C(=O)NCCNC(=O)c2ccc3c(c2)C(=O)N(C2CCCCC2)C3=O)cc1C. The van der Waals surface area contributed by atoms with Crippen LogP contribution in [0.25, 0.3) is 0 Å². The molecule has 0 unspecified atom stereocenters. The monoisotopic (exact) mass is 447 g/mol. The van der Waals surface area contributed by atoms with Crippen molar-refractivity contribution in [1.82, 2.24) is 15.5 Å². The molecule has 2 aromatic rings. The summed E-state index contributed by atoms with van der Waals surface area (Å²) in [6.07, 6.45) is 4.85. The highest BCUT2D eigenvalue weighted by molar-refractivity contribution is 6.22. The predicted molar refractivity (Wildman–Crippen MR) is 124 cm³/mol. The summed E-state index contributed by atoms with van der Waals surface area (Å²) >= 11 is 0. The maximum atomic E-state index is 12.9. The molecule has 2 aliphatic rings. The molecule has 0 saturated heterocycles. The number of imide groups is 1. The van der Waals surface area contributed by atoms with E-state index in [4.69, 9.17) is 0 Å². The molecule has 0 radical (unpaired) electrons. The Morgan fingerprint density at radius 3 is 2.00 bits per heavy atom. The number of carbonyl (C=O) groups is 4. The number of hydrogen-bond donors (Lipinski definition) is 2. The molecule has 1 fully saturated rings. The number of benzene rings is 2. The Kier molecular flexibility index (Phi) is 6.58. The van der Waals surface area contributed by atoms with Gasteiger partial charge in [-0.3, -0.25) is 24.1 Å². The van der Waals surface area contributed by atoms with Crippen molar-refractivity contribution in [3.05, 3.63) is 69.8 Å². The average Bonchev–Trinajstić information content (AvgIpc) is 3.08. The van der Waals surface area contributed by atoms with Gasteiger partial charge in [-0.05, 0) is 68.1 Å². The molecule has 0 atom stereocenters. The summed E-state index contributed by atoms with van der Waals surface area (Å²) in [4.78, 5) is 51.9. The first-order valence-electron chi connectivity index (χ1n) is 11.5. The van der Waals surface area contributed by atoms with Crippen LogP contribution in [0, 0.1) is 13.8 Å².